The average Bonchev–Trinajstić information content (AvgIpc) is 2.26. The van der Waals surface area contributed by atoms with E-state index in [0.717, 1.165) is 18.2 Å². The van der Waals surface area contributed by atoms with E-state index in [2.05, 4.69) is 0 Å². The normalized spacial score (nSPS) is 15.4. The third-order valence-corrected chi connectivity index (χ3v) is 2.50. The lowest BCUT2D eigenvalue weighted by Crippen LogP contribution is -2.38. The highest BCUT2D eigenvalue weighted by molar-refractivity contribution is 5.85. The molecule has 0 saturated heterocycles. The van der Waals surface area contributed by atoms with Crippen molar-refractivity contribution < 1.29 is 31.4 Å². The summed E-state index contributed by atoms with van der Waals surface area (Å²) in [7, 11) is 0. The van der Waals surface area contributed by atoms with Crippen molar-refractivity contribution in [2.24, 2.45) is 5.73 Å². The topological polar surface area (TPSA) is 46.2 Å². The van der Waals surface area contributed by atoms with Crippen LogP contribution in [0.3, 0.4) is 0 Å². The predicted octanol–water partition coefficient (Wildman–Crippen LogP) is 3.44. The van der Waals surface area contributed by atoms with Gasteiger partial charge in [-0.2, -0.15) is 26.3 Å². The first kappa shape index (κ1) is 19.0. The van der Waals surface area contributed by atoms with Crippen LogP contribution in [0.2, 0.25) is 0 Å². The number of aliphatic hydroxyl groups is 1. The maximum atomic E-state index is 12.4. The van der Waals surface area contributed by atoms with Gasteiger partial charge in [0.25, 0.3) is 0 Å². The van der Waals surface area contributed by atoms with Gasteiger partial charge in [0, 0.05) is 6.42 Å². The van der Waals surface area contributed by atoms with Crippen molar-refractivity contribution in [1.29, 1.82) is 0 Å². The van der Waals surface area contributed by atoms with Crippen molar-refractivity contribution in [1.82, 2.24) is 0 Å². The first-order valence-corrected chi connectivity index (χ1v) is 5.19. The molecule has 0 amide bonds. The summed E-state index contributed by atoms with van der Waals surface area (Å²) >= 11 is 0. The Labute approximate surface area is 117 Å². The van der Waals surface area contributed by atoms with Gasteiger partial charge in [0.05, 0.1) is 11.7 Å². The summed E-state index contributed by atoms with van der Waals surface area (Å²) in [4.78, 5) is 0. The molecule has 0 fully saturated rings. The lowest BCUT2D eigenvalue weighted by Gasteiger charge is -2.20. The molecule has 0 saturated carbocycles. The summed E-state index contributed by atoms with van der Waals surface area (Å²) < 4.78 is 73.7. The Bertz CT molecular complexity index is 434. The Hall–Kier alpha value is -0.990. The zero-order chi connectivity index (χ0) is 14.8. The number of aliphatic hydroxyl groups excluding tert-OH is 1. The molecule has 0 bridgehead atoms. The average molecular weight is 324 g/mol. The van der Waals surface area contributed by atoms with Gasteiger partial charge in [-0.1, -0.05) is 12.1 Å². The number of halogens is 7. The molecule has 1 rings (SSSR count). The fourth-order valence-corrected chi connectivity index (χ4v) is 1.43. The summed E-state index contributed by atoms with van der Waals surface area (Å²) in [6.45, 7) is 0. The fraction of sp³-hybridized carbons (Fsp3) is 0.455. The highest BCUT2D eigenvalue weighted by Crippen LogP contribution is 2.32. The van der Waals surface area contributed by atoms with Crippen LogP contribution in [-0.4, -0.2) is 17.3 Å². The SMILES string of the molecule is Cl.N[C@H](C[C@@H](O)c1cccc(C(F)(F)F)c1)C(F)(F)F. The monoisotopic (exact) mass is 323 g/mol. The number of hydrogen-bond donors (Lipinski definition) is 2. The maximum Gasteiger partial charge on any atom is 0.416 e. The van der Waals surface area contributed by atoms with Crippen LogP contribution in [0.1, 0.15) is 23.7 Å². The number of nitrogens with two attached hydrogens (primary N) is 1. The zero-order valence-electron chi connectivity index (χ0n) is 9.87. The van der Waals surface area contributed by atoms with Gasteiger partial charge in [0.2, 0.25) is 0 Å². The maximum absolute atomic E-state index is 12.4. The molecule has 0 radical (unpaired) electrons. The van der Waals surface area contributed by atoms with Crippen LogP contribution in [0.4, 0.5) is 26.3 Å². The molecule has 0 aromatic heterocycles. The van der Waals surface area contributed by atoms with E-state index in [9.17, 15) is 31.4 Å². The van der Waals surface area contributed by atoms with Crippen molar-refractivity contribution in [3.63, 3.8) is 0 Å². The standard InChI is InChI=1S/C11H11F6NO.ClH/c12-10(13,14)7-3-1-2-6(4-7)8(19)5-9(18)11(15,16)17;/h1-4,8-9,19H,5,18H2;1H/t8-,9-;/m1./s1. The van der Waals surface area contributed by atoms with Gasteiger partial charge in [-0.15, -0.1) is 12.4 Å². The molecule has 0 aliphatic carbocycles. The molecule has 0 aliphatic heterocycles. The van der Waals surface area contributed by atoms with E-state index in [1.54, 1.807) is 0 Å². The molecule has 0 heterocycles. The molecule has 2 atom stereocenters. The van der Waals surface area contributed by atoms with Crippen molar-refractivity contribution in [3.05, 3.63) is 35.4 Å². The van der Waals surface area contributed by atoms with E-state index < -0.39 is 36.5 Å². The second-order valence-electron chi connectivity index (χ2n) is 4.02. The number of rotatable bonds is 3. The van der Waals surface area contributed by atoms with Crippen LogP contribution in [-0.2, 0) is 6.18 Å². The molecule has 2 nitrogen and oxygen atoms in total. The number of alkyl halides is 6. The summed E-state index contributed by atoms with van der Waals surface area (Å²) in [5.41, 5.74) is 3.51. The number of hydrogen-bond acceptors (Lipinski definition) is 2. The molecular formula is C11H12ClF6NO. The molecule has 0 unspecified atom stereocenters. The van der Waals surface area contributed by atoms with Gasteiger partial charge in [-0.3, -0.25) is 0 Å². The Morgan fingerprint density at radius 2 is 1.65 bits per heavy atom. The molecule has 0 aliphatic rings. The summed E-state index contributed by atoms with van der Waals surface area (Å²) in [6, 6.07) is 1.20. The minimum atomic E-state index is -4.71. The first-order chi connectivity index (χ1) is 8.51. The second kappa shape index (κ2) is 6.64. The molecule has 9 heteroatoms. The highest BCUT2D eigenvalue weighted by atomic mass is 35.5. The predicted molar refractivity (Wildman–Crippen MR) is 62.3 cm³/mol. The van der Waals surface area contributed by atoms with Crippen LogP contribution in [0.25, 0.3) is 0 Å². The summed E-state index contributed by atoms with van der Waals surface area (Å²) in [5.74, 6) is 0. The Kier molecular flexibility index (Phi) is 6.31. The third kappa shape index (κ3) is 5.18. The molecule has 0 spiro atoms. The van der Waals surface area contributed by atoms with E-state index in [1.807, 2.05) is 0 Å². The molecule has 1 aromatic rings. The Morgan fingerprint density at radius 1 is 1.10 bits per heavy atom. The van der Waals surface area contributed by atoms with Crippen molar-refractivity contribution >= 4 is 12.4 Å². The van der Waals surface area contributed by atoms with Crippen molar-refractivity contribution in [2.45, 2.75) is 30.9 Å². The van der Waals surface area contributed by atoms with E-state index >= 15 is 0 Å². The lowest BCUT2D eigenvalue weighted by atomic mass is 10.00. The van der Waals surface area contributed by atoms with Gasteiger partial charge < -0.3 is 10.8 Å². The highest BCUT2D eigenvalue weighted by Gasteiger charge is 2.38. The Balaban J connectivity index is 0.00000361. The van der Waals surface area contributed by atoms with E-state index in [4.69, 9.17) is 5.73 Å². The quantitative estimate of drug-likeness (QED) is 0.837. The van der Waals surface area contributed by atoms with E-state index in [0.29, 0.717) is 6.07 Å². The zero-order valence-corrected chi connectivity index (χ0v) is 10.7. The van der Waals surface area contributed by atoms with Gasteiger partial charge >= 0.3 is 12.4 Å². The van der Waals surface area contributed by atoms with Crippen LogP contribution in [0.15, 0.2) is 24.3 Å². The molecule has 1 aromatic carbocycles. The molecule has 116 valence electrons. The van der Waals surface area contributed by atoms with Crippen molar-refractivity contribution in [2.75, 3.05) is 0 Å². The minimum absolute atomic E-state index is 0. The fourth-order valence-electron chi connectivity index (χ4n) is 1.43. The van der Waals surface area contributed by atoms with Crippen LogP contribution in [0.5, 0.6) is 0 Å². The largest absolute Gasteiger partial charge is 0.416 e. The summed E-state index contributed by atoms with van der Waals surface area (Å²) in [6.07, 6.45) is -11.9. The first-order valence-electron chi connectivity index (χ1n) is 5.19. The number of benzene rings is 1. The minimum Gasteiger partial charge on any atom is -0.388 e. The third-order valence-electron chi connectivity index (χ3n) is 2.50. The van der Waals surface area contributed by atoms with E-state index in [-0.39, 0.29) is 18.0 Å². The molecule has 3 N–H and O–H groups in total. The van der Waals surface area contributed by atoms with Crippen LogP contribution in [0, 0.1) is 0 Å². The summed E-state index contributed by atoms with van der Waals surface area (Å²) in [5, 5.41) is 9.50. The van der Waals surface area contributed by atoms with Crippen molar-refractivity contribution in [3.8, 4) is 0 Å². The smallest absolute Gasteiger partial charge is 0.388 e. The Morgan fingerprint density at radius 3 is 2.10 bits per heavy atom. The van der Waals surface area contributed by atoms with Gasteiger partial charge in [0.15, 0.2) is 0 Å². The van der Waals surface area contributed by atoms with Gasteiger partial charge in [-0.05, 0) is 17.7 Å². The lowest BCUT2D eigenvalue weighted by molar-refractivity contribution is -0.154. The molecular weight excluding hydrogens is 312 g/mol. The van der Waals surface area contributed by atoms with Crippen LogP contribution >= 0.6 is 12.4 Å². The van der Waals surface area contributed by atoms with Gasteiger partial charge in [0.1, 0.15) is 6.04 Å². The van der Waals surface area contributed by atoms with Crippen LogP contribution < -0.4 is 5.73 Å². The van der Waals surface area contributed by atoms with E-state index in [1.165, 1.54) is 0 Å². The van der Waals surface area contributed by atoms with Gasteiger partial charge in [-0.25, -0.2) is 0 Å². The molecule has 20 heavy (non-hydrogen) atoms. The second-order valence-corrected chi connectivity index (χ2v) is 4.02.